The molecule has 1 aliphatic heterocycles. The van der Waals surface area contributed by atoms with Crippen molar-refractivity contribution in [1.82, 2.24) is 15.1 Å². The van der Waals surface area contributed by atoms with Crippen molar-refractivity contribution in [2.75, 3.05) is 46.9 Å². The molecule has 0 spiro atoms. The Kier molecular flexibility index (Phi) is 6.07. The van der Waals surface area contributed by atoms with Crippen LogP contribution in [0.2, 0.25) is 0 Å². The number of piperazine rings is 1. The molecule has 0 unspecified atom stereocenters. The fourth-order valence-electron chi connectivity index (χ4n) is 3.10. The van der Waals surface area contributed by atoms with Crippen molar-refractivity contribution in [3.05, 3.63) is 52.2 Å². The average Bonchev–Trinajstić information content (AvgIpc) is 3.18. The SMILES string of the molecule is COc1ccc([C@H](CNC(=O)c2cccs2)N2CCN(C)CC2)cc1. The minimum atomic E-state index is 0.00244. The van der Waals surface area contributed by atoms with Gasteiger partial charge in [0.05, 0.1) is 18.0 Å². The van der Waals surface area contributed by atoms with E-state index in [-0.39, 0.29) is 11.9 Å². The van der Waals surface area contributed by atoms with Gasteiger partial charge in [-0.05, 0) is 36.2 Å². The predicted octanol–water partition coefficient (Wildman–Crippen LogP) is 2.48. The van der Waals surface area contributed by atoms with Gasteiger partial charge in [0, 0.05) is 32.7 Å². The zero-order chi connectivity index (χ0) is 17.6. The molecule has 134 valence electrons. The summed E-state index contributed by atoms with van der Waals surface area (Å²) >= 11 is 1.47. The van der Waals surface area contributed by atoms with Gasteiger partial charge in [0.2, 0.25) is 0 Å². The Morgan fingerprint density at radius 3 is 2.52 bits per heavy atom. The molecular weight excluding hydrogens is 334 g/mol. The average molecular weight is 359 g/mol. The fraction of sp³-hybridized carbons (Fsp3) is 0.421. The normalized spacial score (nSPS) is 17.2. The second-order valence-electron chi connectivity index (χ2n) is 6.32. The van der Waals surface area contributed by atoms with Crippen LogP contribution in [-0.4, -0.2) is 62.6 Å². The van der Waals surface area contributed by atoms with Gasteiger partial charge in [-0.3, -0.25) is 9.69 Å². The van der Waals surface area contributed by atoms with E-state index in [0.29, 0.717) is 6.54 Å². The van der Waals surface area contributed by atoms with Crippen molar-refractivity contribution in [3.63, 3.8) is 0 Å². The number of amides is 1. The minimum Gasteiger partial charge on any atom is -0.497 e. The second-order valence-corrected chi connectivity index (χ2v) is 7.26. The third-order valence-electron chi connectivity index (χ3n) is 4.68. The Labute approximate surface area is 153 Å². The Morgan fingerprint density at radius 1 is 1.20 bits per heavy atom. The van der Waals surface area contributed by atoms with Crippen molar-refractivity contribution in [2.24, 2.45) is 0 Å². The number of hydrogen-bond donors (Lipinski definition) is 1. The van der Waals surface area contributed by atoms with E-state index in [1.54, 1.807) is 7.11 Å². The van der Waals surface area contributed by atoms with Crippen LogP contribution in [0.25, 0.3) is 0 Å². The number of carbonyl (C=O) groups excluding carboxylic acids is 1. The smallest absolute Gasteiger partial charge is 0.261 e. The molecule has 1 atom stereocenters. The van der Waals surface area contributed by atoms with Gasteiger partial charge in [0.15, 0.2) is 0 Å². The maximum Gasteiger partial charge on any atom is 0.261 e. The van der Waals surface area contributed by atoms with Gasteiger partial charge in [-0.25, -0.2) is 0 Å². The number of hydrogen-bond acceptors (Lipinski definition) is 5. The molecule has 5 nitrogen and oxygen atoms in total. The largest absolute Gasteiger partial charge is 0.497 e. The summed E-state index contributed by atoms with van der Waals surface area (Å²) < 4.78 is 5.27. The molecule has 1 N–H and O–H groups in total. The summed E-state index contributed by atoms with van der Waals surface area (Å²) in [5, 5.41) is 5.03. The molecule has 2 heterocycles. The zero-order valence-corrected chi connectivity index (χ0v) is 15.6. The lowest BCUT2D eigenvalue weighted by molar-refractivity contribution is 0.0889. The summed E-state index contributed by atoms with van der Waals surface area (Å²) in [4.78, 5) is 17.9. The summed E-state index contributed by atoms with van der Waals surface area (Å²) in [6, 6.07) is 12.1. The third kappa shape index (κ3) is 4.60. The number of carbonyl (C=O) groups is 1. The molecule has 2 aromatic rings. The molecule has 3 rings (SSSR count). The third-order valence-corrected chi connectivity index (χ3v) is 5.55. The van der Waals surface area contributed by atoms with E-state index in [2.05, 4.69) is 34.3 Å². The van der Waals surface area contributed by atoms with Crippen molar-refractivity contribution < 1.29 is 9.53 Å². The van der Waals surface area contributed by atoms with E-state index in [0.717, 1.165) is 36.8 Å². The fourth-order valence-corrected chi connectivity index (χ4v) is 3.74. The Morgan fingerprint density at radius 2 is 1.92 bits per heavy atom. The first-order valence-corrected chi connectivity index (χ1v) is 9.43. The number of likely N-dealkylation sites (N-methyl/N-ethyl adjacent to an activating group) is 1. The van der Waals surface area contributed by atoms with Crippen molar-refractivity contribution in [1.29, 1.82) is 0 Å². The summed E-state index contributed by atoms with van der Waals surface area (Å²) in [6.07, 6.45) is 0. The number of nitrogens with zero attached hydrogens (tertiary/aromatic N) is 2. The monoisotopic (exact) mass is 359 g/mol. The maximum atomic E-state index is 12.3. The lowest BCUT2D eigenvalue weighted by Crippen LogP contribution is -2.48. The molecule has 25 heavy (non-hydrogen) atoms. The summed E-state index contributed by atoms with van der Waals surface area (Å²) in [7, 11) is 3.83. The van der Waals surface area contributed by atoms with Crippen LogP contribution in [0.1, 0.15) is 21.3 Å². The maximum absolute atomic E-state index is 12.3. The van der Waals surface area contributed by atoms with E-state index in [4.69, 9.17) is 4.74 Å². The first-order valence-electron chi connectivity index (χ1n) is 8.55. The lowest BCUT2D eigenvalue weighted by Gasteiger charge is -2.38. The van der Waals surface area contributed by atoms with Crippen LogP contribution in [0.15, 0.2) is 41.8 Å². The number of methoxy groups -OCH3 is 1. The first-order chi connectivity index (χ1) is 12.2. The molecule has 1 aromatic carbocycles. The highest BCUT2D eigenvalue weighted by atomic mass is 32.1. The topological polar surface area (TPSA) is 44.8 Å². The van der Waals surface area contributed by atoms with Crippen molar-refractivity contribution >= 4 is 17.2 Å². The Bertz CT molecular complexity index is 664. The molecule has 0 radical (unpaired) electrons. The van der Waals surface area contributed by atoms with Gasteiger partial charge in [-0.2, -0.15) is 0 Å². The highest BCUT2D eigenvalue weighted by Crippen LogP contribution is 2.24. The lowest BCUT2D eigenvalue weighted by atomic mass is 10.0. The second kappa shape index (κ2) is 8.47. The molecule has 0 saturated carbocycles. The Balaban J connectivity index is 1.72. The molecular formula is C19H25N3O2S. The van der Waals surface area contributed by atoms with Crippen LogP contribution in [0, 0.1) is 0 Å². The molecule has 0 aliphatic carbocycles. The number of thiophene rings is 1. The van der Waals surface area contributed by atoms with E-state index in [9.17, 15) is 4.79 Å². The van der Waals surface area contributed by atoms with Gasteiger partial charge in [0.1, 0.15) is 5.75 Å². The molecule has 1 fully saturated rings. The summed E-state index contributed by atoms with van der Waals surface area (Å²) in [5.41, 5.74) is 1.21. The number of ether oxygens (including phenoxy) is 1. The number of benzene rings is 1. The molecule has 1 aromatic heterocycles. The first kappa shape index (κ1) is 17.9. The van der Waals surface area contributed by atoms with Crippen LogP contribution in [0.3, 0.4) is 0 Å². The zero-order valence-electron chi connectivity index (χ0n) is 14.8. The van der Waals surface area contributed by atoms with Gasteiger partial charge in [-0.1, -0.05) is 18.2 Å². The van der Waals surface area contributed by atoms with Crippen LogP contribution in [0.5, 0.6) is 5.75 Å². The van der Waals surface area contributed by atoms with Gasteiger partial charge >= 0.3 is 0 Å². The standard InChI is InChI=1S/C19H25N3O2S/c1-21-9-11-22(12-10-21)17(15-5-7-16(24-2)8-6-15)14-20-19(23)18-4-3-13-25-18/h3-8,13,17H,9-12,14H2,1-2H3,(H,20,23)/t17-/m0/s1. The summed E-state index contributed by atoms with van der Waals surface area (Å²) in [6.45, 7) is 4.70. The quantitative estimate of drug-likeness (QED) is 0.861. The van der Waals surface area contributed by atoms with Crippen LogP contribution in [0.4, 0.5) is 0 Å². The van der Waals surface area contributed by atoms with Crippen LogP contribution in [-0.2, 0) is 0 Å². The van der Waals surface area contributed by atoms with Gasteiger partial charge in [-0.15, -0.1) is 11.3 Å². The molecule has 0 bridgehead atoms. The van der Waals surface area contributed by atoms with Crippen molar-refractivity contribution in [3.8, 4) is 5.75 Å². The van der Waals surface area contributed by atoms with E-state index in [1.807, 2.05) is 29.6 Å². The highest BCUT2D eigenvalue weighted by molar-refractivity contribution is 7.12. The highest BCUT2D eigenvalue weighted by Gasteiger charge is 2.24. The van der Waals surface area contributed by atoms with E-state index in [1.165, 1.54) is 16.9 Å². The number of rotatable bonds is 6. The minimum absolute atomic E-state index is 0.00244. The molecule has 1 saturated heterocycles. The molecule has 1 aliphatic rings. The van der Waals surface area contributed by atoms with Crippen LogP contribution >= 0.6 is 11.3 Å². The van der Waals surface area contributed by atoms with Crippen molar-refractivity contribution in [2.45, 2.75) is 6.04 Å². The Hall–Kier alpha value is -1.89. The van der Waals surface area contributed by atoms with Crippen LogP contribution < -0.4 is 10.1 Å². The number of nitrogens with one attached hydrogen (secondary N) is 1. The predicted molar refractivity (Wildman–Crippen MR) is 101 cm³/mol. The van der Waals surface area contributed by atoms with E-state index >= 15 is 0 Å². The van der Waals surface area contributed by atoms with Gasteiger partial charge < -0.3 is 15.0 Å². The van der Waals surface area contributed by atoms with E-state index < -0.39 is 0 Å². The molecule has 1 amide bonds. The van der Waals surface area contributed by atoms with Gasteiger partial charge in [0.25, 0.3) is 5.91 Å². The molecule has 6 heteroatoms. The summed E-state index contributed by atoms with van der Waals surface area (Å²) in [5.74, 6) is 0.853.